The topological polar surface area (TPSA) is 43.1 Å². The van der Waals surface area contributed by atoms with Gasteiger partial charge in [-0.15, -0.1) is 10.2 Å². The Morgan fingerprint density at radius 3 is 2.67 bits per heavy atom. The van der Waals surface area contributed by atoms with Gasteiger partial charge in [-0.3, -0.25) is 0 Å². The molecule has 4 aromatic rings. The second kappa shape index (κ2) is 6.41. The van der Waals surface area contributed by atoms with E-state index in [-0.39, 0.29) is 5.82 Å². The molecule has 0 saturated carbocycles. The fraction of sp³-hybridized carbons (Fsp3) is 0.118. The summed E-state index contributed by atoms with van der Waals surface area (Å²) in [6.45, 7) is 0. The van der Waals surface area contributed by atoms with E-state index in [9.17, 15) is 4.39 Å². The minimum atomic E-state index is -0.287. The summed E-state index contributed by atoms with van der Waals surface area (Å²) in [6.07, 6.45) is 1.65. The molecule has 24 heavy (non-hydrogen) atoms. The zero-order valence-electron chi connectivity index (χ0n) is 12.5. The second-order valence-corrected chi connectivity index (χ2v) is 7.14. The average molecular weight is 403 g/mol. The standard InChI is InChI=1S/C17H12BrFN4S/c18-13-10-12(7-8-14(13)19)16-22-23-15(20-21-17(23)24-16)9-6-11-4-2-1-3-5-11/h1-5,7-8,10H,6,9H2. The third kappa shape index (κ3) is 2.97. The van der Waals surface area contributed by atoms with Crippen LogP contribution in [-0.2, 0) is 12.8 Å². The Hall–Kier alpha value is -2.12. The Labute approximate surface area is 150 Å². The van der Waals surface area contributed by atoms with Crippen LogP contribution in [0.1, 0.15) is 11.4 Å². The number of aromatic nitrogens is 4. The van der Waals surface area contributed by atoms with E-state index >= 15 is 0 Å². The molecule has 0 saturated heterocycles. The van der Waals surface area contributed by atoms with Crippen molar-refractivity contribution in [2.75, 3.05) is 0 Å². The fourth-order valence-corrected chi connectivity index (χ4v) is 3.69. The van der Waals surface area contributed by atoms with E-state index in [1.54, 1.807) is 16.6 Å². The van der Waals surface area contributed by atoms with E-state index in [4.69, 9.17) is 0 Å². The Bertz CT molecular complexity index is 996. The van der Waals surface area contributed by atoms with Crippen molar-refractivity contribution in [3.63, 3.8) is 0 Å². The summed E-state index contributed by atoms with van der Waals surface area (Å²) in [7, 11) is 0. The van der Waals surface area contributed by atoms with Crippen molar-refractivity contribution in [1.82, 2.24) is 19.8 Å². The first-order valence-electron chi connectivity index (χ1n) is 7.41. The molecule has 0 radical (unpaired) electrons. The van der Waals surface area contributed by atoms with Crippen molar-refractivity contribution in [2.24, 2.45) is 0 Å². The molecule has 2 aromatic carbocycles. The highest BCUT2D eigenvalue weighted by Gasteiger charge is 2.14. The SMILES string of the molecule is Fc1ccc(-c2nn3c(CCc4ccccc4)nnc3s2)cc1Br. The van der Waals surface area contributed by atoms with Crippen LogP contribution in [0.25, 0.3) is 15.5 Å². The van der Waals surface area contributed by atoms with Crippen molar-refractivity contribution in [3.8, 4) is 10.6 Å². The lowest BCUT2D eigenvalue weighted by atomic mass is 10.1. The highest BCUT2D eigenvalue weighted by molar-refractivity contribution is 9.10. The molecule has 0 aliphatic rings. The molecule has 0 unspecified atom stereocenters. The smallest absolute Gasteiger partial charge is 0.206 e. The molecule has 2 heterocycles. The molecular formula is C17H12BrFN4S. The lowest BCUT2D eigenvalue weighted by Crippen LogP contribution is -1.99. The van der Waals surface area contributed by atoms with Crippen molar-refractivity contribution < 1.29 is 4.39 Å². The maximum atomic E-state index is 13.4. The van der Waals surface area contributed by atoms with Gasteiger partial charge >= 0.3 is 0 Å². The van der Waals surface area contributed by atoms with Crippen molar-refractivity contribution >= 4 is 32.2 Å². The van der Waals surface area contributed by atoms with E-state index < -0.39 is 0 Å². The molecule has 0 bridgehead atoms. The molecule has 0 spiro atoms. The molecule has 7 heteroatoms. The summed E-state index contributed by atoms with van der Waals surface area (Å²) in [6, 6.07) is 15.1. The van der Waals surface area contributed by atoms with Crippen LogP contribution >= 0.6 is 27.3 Å². The molecule has 120 valence electrons. The van der Waals surface area contributed by atoms with E-state index in [0.29, 0.717) is 4.47 Å². The van der Waals surface area contributed by atoms with Gasteiger partial charge in [0.25, 0.3) is 0 Å². The second-order valence-electron chi connectivity index (χ2n) is 5.33. The van der Waals surface area contributed by atoms with Gasteiger partial charge in [0.2, 0.25) is 4.96 Å². The van der Waals surface area contributed by atoms with Crippen molar-refractivity contribution in [3.05, 3.63) is 70.2 Å². The first-order chi connectivity index (χ1) is 11.7. The Morgan fingerprint density at radius 2 is 1.88 bits per heavy atom. The lowest BCUT2D eigenvalue weighted by molar-refractivity contribution is 0.621. The predicted octanol–water partition coefficient (Wildman–Crippen LogP) is 4.54. The van der Waals surface area contributed by atoms with Crippen molar-refractivity contribution in [1.29, 1.82) is 0 Å². The number of rotatable bonds is 4. The number of benzene rings is 2. The molecule has 2 aromatic heterocycles. The van der Waals surface area contributed by atoms with E-state index in [0.717, 1.165) is 34.2 Å². The maximum Gasteiger partial charge on any atom is 0.234 e. The molecular weight excluding hydrogens is 391 g/mol. The molecule has 4 rings (SSSR count). The minimum Gasteiger partial charge on any atom is -0.206 e. The van der Waals surface area contributed by atoms with Crippen LogP contribution in [0.5, 0.6) is 0 Å². The number of fused-ring (bicyclic) bond motifs is 1. The van der Waals surface area contributed by atoms with Gasteiger partial charge in [0.15, 0.2) is 5.82 Å². The monoisotopic (exact) mass is 402 g/mol. The summed E-state index contributed by atoms with van der Waals surface area (Å²) in [4.78, 5) is 0.744. The first kappa shape index (κ1) is 15.4. The van der Waals surface area contributed by atoms with Gasteiger partial charge in [0, 0.05) is 12.0 Å². The number of nitrogens with zero attached hydrogens (tertiary/aromatic N) is 4. The van der Waals surface area contributed by atoms with Crippen LogP contribution < -0.4 is 0 Å². The number of aryl methyl sites for hydroxylation is 2. The summed E-state index contributed by atoms with van der Waals surface area (Å²) < 4.78 is 15.6. The number of hydrogen-bond acceptors (Lipinski definition) is 4. The summed E-state index contributed by atoms with van der Waals surface area (Å²) in [5.74, 6) is 0.544. The predicted molar refractivity (Wildman–Crippen MR) is 95.6 cm³/mol. The van der Waals surface area contributed by atoms with Gasteiger partial charge < -0.3 is 0 Å². The lowest BCUT2D eigenvalue weighted by Gasteiger charge is -1.99. The third-order valence-corrected chi connectivity index (χ3v) is 5.26. The minimum absolute atomic E-state index is 0.287. The van der Waals surface area contributed by atoms with Crippen LogP contribution in [0.3, 0.4) is 0 Å². The zero-order valence-corrected chi connectivity index (χ0v) is 14.9. The van der Waals surface area contributed by atoms with Crippen LogP contribution in [0.15, 0.2) is 53.0 Å². The Balaban J connectivity index is 1.62. The van der Waals surface area contributed by atoms with Crippen LogP contribution in [0.2, 0.25) is 0 Å². The molecule has 0 aliphatic carbocycles. The number of hydrogen-bond donors (Lipinski definition) is 0. The molecule has 0 N–H and O–H groups in total. The van der Waals surface area contributed by atoms with Gasteiger partial charge in [0.05, 0.1) is 4.47 Å². The molecule has 0 fully saturated rings. The van der Waals surface area contributed by atoms with E-state index in [1.807, 2.05) is 18.2 Å². The largest absolute Gasteiger partial charge is 0.234 e. The zero-order chi connectivity index (χ0) is 16.5. The number of halogens is 2. The van der Waals surface area contributed by atoms with Gasteiger partial charge in [-0.2, -0.15) is 9.61 Å². The average Bonchev–Trinajstić information content (AvgIpc) is 3.17. The summed E-state index contributed by atoms with van der Waals surface area (Å²) in [5, 5.41) is 13.8. The van der Waals surface area contributed by atoms with Crippen LogP contribution in [-0.4, -0.2) is 19.8 Å². The quantitative estimate of drug-likeness (QED) is 0.503. The molecule has 4 nitrogen and oxygen atoms in total. The maximum absolute atomic E-state index is 13.4. The van der Waals surface area contributed by atoms with E-state index in [2.05, 4.69) is 43.4 Å². The fourth-order valence-electron chi connectivity index (χ4n) is 2.46. The first-order valence-corrected chi connectivity index (χ1v) is 9.02. The molecule has 0 atom stereocenters. The third-order valence-electron chi connectivity index (χ3n) is 3.70. The van der Waals surface area contributed by atoms with E-state index in [1.165, 1.54) is 23.0 Å². The van der Waals surface area contributed by atoms with Gasteiger partial charge in [-0.25, -0.2) is 4.39 Å². The van der Waals surface area contributed by atoms with Crippen molar-refractivity contribution in [2.45, 2.75) is 12.8 Å². The normalized spacial score (nSPS) is 11.2. The highest BCUT2D eigenvalue weighted by Crippen LogP contribution is 2.29. The van der Waals surface area contributed by atoms with Gasteiger partial charge in [-0.05, 0) is 46.1 Å². The van der Waals surface area contributed by atoms with Gasteiger partial charge in [0.1, 0.15) is 10.8 Å². The molecule has 0 aliphatic heterocycles. The van der Waals surface area contributed by atoms with Crippen LogP contribution in [0, 0.1) is 5.82 Å². The van der Waals surface area contributed by atoms with Crippen LogP contribution in [0.4, 0.5) is 4.39 Å². The summed E-state index contributed by atoms with van der Waals surface area (Å²) in [5.41, 5.74) is 2.11. The highest BCUT2D eigenvalue weighted by atomic mass is 79.9. The molecule has 0 amide bonds. The summed E-state index contributed by atoms with van der Waals surface area (Å²) >= 11 is 4.65. The Morgan fingerprint density at radius 1 is 1.04 bits per heavy atom. The Kier molecular flexibility index (Phi) is 4.12. The van der Waals surface area contributed by atoms with Gasteiger partial charge in [-0.1, -0.05) is 41.7 Å².